The van der Waals surface area contributed by atoms with E-state index in [-0.39, 0.29) is 6.04 Å². The zero-order chi connectivity index (χ0) is 12.3. The molecule has 2 nitrogen and oxygen atoms in total. The normalized spacial score (nSPS) is 13.1. The lowest BCUT2D eigenvalue weighted by atomic mass is 10.2. The van der Waals surface area contributed by atoms with Gasteiger partial charge in [-0.1, -0.05) is 34.1 Å². The molecule has 2 rings (SSSR count). The van der Waals surface area contributed by atoms with Gasteiger partial charge < -0.3 is 10.2 Å². The van der Waals surface area contributed by atoms with Crippen LogP contribution in [0.25, 0.3) is 17.4 Å². The van der Waals surface area contributed by atoms with Crippen LogP contribution in [-0.2, 0) is 0 Å². The molecule has 0 aliphatic heterocycles. The summed E-state index contributed by atoms with van der Waals surface area (Å²) in [6.45, 7) is 1.93. The predicted octanol–water partition coefficient (Wildman–Crippen LogP) is 4.07. The Labute approximate surface area is 109 Å². The minimum atomic E-state index is 0.0382. The Balaban J connectivity index is 2.21. The Morgan fingerprint density at radius 1 is 1.18 bits per heavy atom. The summed E-state index contributed by atoms with van der Waals surface area (Å²) in [5, 5.41) is 0. The molecule has 0 fully saturated rings. The van der Waals surface area contributed by atoms with Gasteiger partial charge in [0, 0.05) is 16.1 Å². The minimum Gasteiger partial charge on any atom is -0.457 e. The Kier molecular flexibility index (Phi) is 3.82. The van der Waals surface area contributed by atoms with Crippen molar-refractivity contribution in [3.05, 3.63) is 52.7 Å². The van der Waals surface area contributed by atoms with Crippen LogP contribution in [0.15, 0.2) is 51.4 Å². The van der Waals surface area contributed by atoms with Crippen molar-refractivity contribution in [2.45, 2.75) is 13.0 Å². The molecule has 0 saturated carbocycles. The molecule has 2 N–H and O–H groups in total. The molecule has 3 heteroatoms. The van der Waals surface area contributed by atoms with Crippen LogP contribution in [0, 0.1) is 0 Å². The smallest absolute Gasteiger partial charge is 0.134 e. The second kappa shape index (κ2) is 5.34. The highest BCUT2D eigenvalue weighted by Crippen LogP contribution is 2.24. The average Bonchev–Trinajstić information content (AvgIpc) is 2.76. The summed E-state index contributed by atoms with van der Waals surface area (Å²) in [4.78, 5) is 0. The van der Waals surface area contributed by atoms with Crippen molar-refractivity contribution in [1.29, 1.82) is 0 Å². The molecule has 88 valence electrons. The van der Waals surface area contributed by atoms with E-state index in [0.29, 0.717) is 0 Å². The van der Waals surface area contributed by atoms with Crippen LogP contribution >= 0.6 is 15.9 Å². The first-order valence-corrected chi connectivity index (χ1v) is 6.24. The van der Waals surface area contributed by atoms with Gasteiger partial charge in [0.15, 0.2) is 0 Å². The zero-order valence-electron chi connectivity index (χ0n) is 9.56. The molecule has 17 heavy (non-hydrogen) atoms. The number of nitrogens with two attached hydrogens (primary N) is 1. The highest BCUT2D eigenvalue weighted by molar-refractivity contribution is 9.10. The third-order valence-corrected chi connectivity index (χ3v) is 2.85. The van der Waals surface area contributed by atoms with Gasteiger partial charge in [-0.2, -0.15) is 0 Å². The first-order chi connectivity index (χ1) is 8.15. The van der Waals surface area contributed by atoms with E-state index in [0.717, 1.165) is 21.6 Å². The summed E-state index contributed by atoms with van der Waals surface area (Å²) < 4.78 is 6.76. The molecule has 1 heterocycles. The van der Waals surface area contributed by atoms with Crippen molar-refractivity contribution in [1.82, 2.24) is 0 Å². The van der Waals surface area contributed by atoms with Gasteiger partial charge >= 0.3 is 0 Å². The van der Waals surface area contributed by atoms with Crippen LogP contribution < -0.4 is 5.73 Å². The molecule has 0 bridgehead atoms. The predicted molar refractivity (Wildman–Crippen MR) is 74.5 cm³/mol. The van der Waals surface area contributed by atoms with Gasteiger partial charge in [0.2, 0.25) is 0 Å². The molecule has 1 aromatic carbocycles. The molecule has 0 radical (unpaired) electrons. The largest absolute Gasteiger partial charge is 0.457 e. The van der Waals surface area contributed by atoms with Gasteiger partial charge in [0.05, 0.1) is 0 Å². The number of furan rings is 1. The summed E-state index contributed by atoms with van der Waals surface area (Å²) >= 11 is 3.41. The van der Waals surface area contributed by atoms with E-state index in [2.05, 4.69) is 15.9 Å². The Hall–Kier alpha value is -1.32. The van der Waals surface area contributed by atoms with Crippen molar-refractivity contribution >= 4 is 22.0 Å². The van der Waals surface area contributed by atoms with E-state index in [4.69, 9.17) is 10.2 Å². The van der Waals surface area contributed by atoms with Crippen LogP contribution in [0.5, 0.6) is 0 Å². The summed E-state index contributed by atoms with van der Waals surface area (Å²) in [7, 11) is 0. The summed E-state index contributed by atoms with van der Waals surface area (Å²) in [5.74, 6) is 1.68. The first kappa shape index (κ1) is 12.1. The molecular formula is C14H14BrNO. The zero-order valence-corrected chi connectivity index (χ0v) is 11.1. The van der Waals surface area contributed by atoms with Gasteiger partial charge in [-0.25, -0.2) is 0 Å². The van der Waals surface area contributed by atoms with E-state index in [1.807, 2.05) is 55.5 Å². The topological polar surface area (TPSA) is 39.2 Å². The minimum absolute atomic E-state index is 0.0382. The van der Waals surface area contributed by atoms with Crippen molar-refractivity contribution in [3.63, 3.8) is 0 Å². The molecule has 1 atom stereocenters. The third-order valence-electron chi connectivity index (χ3n) is 2.32. The van der Waals surface area contributed by atoms with Crippen molar-refractivity contribution in [3.8, 4) is 11.3 Å². The first-order valence-electron chi connectivity index (χ1n) is 5.45. The summed E-state index contributed by atoms with van der Waals surface area (Å²) in [6.07, 6.45) is 3.80. The number of halogens is 1. The lowest BCUT2D eigenvalue weighted by Crippen LogP contribution is -2.09. The number of benzene rings is 1. The molecule has 2 aromatic rings. The Bertz CT molecular complexity index is 511. The lowest BCUT2D eigenvalue weighted by molar-refractivity contribution is 0.571. The summed E-state index contributed by atoms with van der Waals surface area (Å²) in [5.41, 5.74) is 6.70. The van der Waals surface area contributed by atoms with Gasteiger partial charge in [-0.15, -0.1) is 0 Å². The second-order valence-electron chi connectivity index (χ2n) is 3.93. The monoisotopic (exact) mass is 291 g/mol. The van der Waals surface area contributed by atoms with Crippen LogP contribution in [-0.4, -0.2) is 6.04 Å². The quantitative estimate of drug-likeness (QED) is 0.926. The fourth-order valence-electron chi connectivity index (χ4n) is 1.46. The molecule has 1 unspecified atom stereocenters. The molecule has 0 aliphatic carbocycles. The molecule has 1 aromatic heterocycles. The van der Waals surface area contributed by atoms with Crippen molar-refractivity contribution < 1.29 is 4.42 Å². The van der Waals surface area contributed by atoms with Gasteiger partial charge in [0.1, 0.15) is 11.5 Å². The van der Waals surface area contributed by atoms with Crippen molar-refractivity contribution in [2.75, 3.05) is 0 Å². The van der Waals surface area contributed by atoms with E-state index in [1.54, 1.807) is 0 Å². The lowest BCUT2D eigenvalue weighted by Gasteiger charge is -1.97. The fourth-order valence-corrected chi connectivity index (χ4v) is 1.72. The summed E-state index contributed by atoms with van der Waals surface area (Å²) in [6, 6.07) is 12.0. The van der Waals surface area contributed by atoms with Gasteiger partial charge in [-0.3, -0.25) is 0 Å². The van der Waals surface area contributed by atoms with E-state index < -0.39 is 0 Å². The number of hydrogen-bond acceptors (Lipinski definition) is 2. The van der Waals surface area contributed by atoms with E-state index in [9.17, 15) is 0 Å². The standard InChI is InChI=1S/C14H14BrNO/c1-10(16)2-7-13-8-9-14(17-13)11-3-5-12(15)6-4-11/h2-10H,16H2,1H3/b7-2+. The fraction of sp³-hybridized carbons (Fsp3) is 0.143. The van der Waals surface area contributed by atoms with Gasteiger partial charge in [0.25, 0.3) is 0 Å². The maximum absolute atomic E-state index is 5.70. The molecule has 0 aliphatic rings. The van der Waals surface area contributed by atoms with Crippen LogP contribution in [0.3, 0.4) is 0 Å². The highest BCUT2D eigenvalue weighted by atomic mass is 79.9. The van der Waals surface area contributed by atoms with E-state index >= 15 is 0 Å². The molecule has 0 saturated heterocycles. The van der Waals surface area contributed by atoms with E-state index in [1.165, 1.54) is 0 Å². The van der Waals surface area contributed by atoms with Gasteiger partial charge in [-0.05, 0) is 37.3 Å². The second-order valence-corrected chi connectivity index (χ2v) is 4.84. The SMILES string of the molecule is CC(N)/C=C/c1ccc(-c2ccc(Br)cc2)o1. The molecular weight excluding hydrogens is 278 g/mol. The van der Waals surface area contributed by atoms with Crippen LogP contribution in [0.2, 0.25) is 0 Å². The van der Waals surface area contributed by atoms with Crippen LogP contribution in [0.1, 0.15) is 12.7 Å². The highest BCUT2D eigenvalue weighted by Gasteiger charge is 2.02. The van der Waals surface area contributed by atoms with Crippen molar-refractivity contribution in [2.24, 2.45) is 5.73 Å². The third kappa shape index (κ3) is 3.32. The maximum Gasteiger partial charge on any atom is 0.134 e. The average molecular weight is 292 g/mol. The maximum atomic E-state index is 5.70. The Morgan fingerprint density at radius 3 is 2.53 bits per heavy atom. The number of hydrogen-bond donors (Lipinski definition) is 1. The molecule has 0 spiro atoms. The Morgan fingerprint density at radius 2 is 1.88 bits per heavy atom. The number of rotatable bonds is 3. The molecule has 0 amide bonds. The van der Waals surface area contributed by atoms with Crippen LogP contribution in [0.4, 0.5) is 0 Å².